The number of nitrogens with one attached hydrogen (secondary N) is 1. The van der Waals surface area contributed by atoms with Crippen LogP contribution in [0, 0.1) is 0 Å². The predicted octanol–water partition coefficient (Wildman–Crippen LogP) is 6.04. The summed E-state index contributed by atoms with van der Waals surface area (Å²) in [6, 6.07) is 23.8. The molecule has 148 valence electrons. The molecule has 0 radical (unpaired) electrons. The molecular weight excluding hydrogens is 506 g/mol. The number of rotatable bonds is 8. The summed E-state index contributed by atoms with van der Waals surface area (Å²) < 4.78 is 7.75. The van der Waals surface area contributed by atoms with E-state index in [2.05, 4.69) is 37.2 Å². The molecule has 0 spiro atoms. The lowest BCUT2D eigenvalue weighted by atomic mass is 10.1. The highest BCUT2D eigenvalue weighted by Crippen LogP contribution is 2.35. The van der Waals surface area contributed by atoms with Gasteiger partial charge in [-0.2, -0.15) is 0 Å². The van der Waals surface area contributed by atoms with Gasteiger partial charge >= 0.3 is 0 Å². The molecule has 3 nitrogen and oxygen atoms in total. The SMILES string of the molecule is Cl.OC(CNCc1cc(Br)c(OCc2ccccc2)c(Br)c1)c1ccccc1. The molecule has 0 fully saturated rings. The van der Waals surface area contributed by atoms with Crippen molar-refractivity contribution in [3.05, 3.63) is 98.4 Å². The van der Waals surface area contributed by atoms with E-state index in [4.69, 9.17) is 4.74 Å². The fourth-order valence-corrected chi connectivity index (χ4v) is 4.24. The van der Waals surface area contributed by atoms with Crippen molar-refractivity contribution in [3.63, 3.8) is 0 Å². The smallest absolute Gasteiger partial charge is 0.148 e. The minimum absolute atomic E-state index is 0. The first-order valence-corrected chi connectivity index (χ1v) is 10.3. The standard InChI is InChI=1S/C22H21Br2NO2.ClH/c23-19-11-17(13-25-14-21(26)18-9-5-2-6-10-18)12-20(24)22(19)27-15-16-7-3-1-4-8-16;/h1-12,21,25-26H,13-15H2;1H. The Kier molecular flexibility index (Phi) is 9.48. The largest absolute Gasteiger partial charge is 0.487 e. The Balaban J connectivity index is 0.00000280. The molecule has 0 aliphatic rings. The molecule has 0 amide bonds. The molecule has 0 heterocycles. The highest BCUT2D eigenvalue weighted by Gasteiger charge is 2.11. The first kappa shape index (κ1) is 22.9. The van der Waals surface area contributed by atoms with Gasteiger partial charge in [0.1, 0.15) is 12.4 Å². The number of aliphatic hydroxyl groups excluding tert-OH is 1. The molecule has 28 heavy (non-hydrogen) atoms. The zero-order valence-corrected chi connectivity index (χ0v) is 19.1. The number of ether oxygens (including phenoxy) is 1. The van der Waals surface area contributed by atoms with E-state index in [0.717, 1.165) is 31.4 Å². The molecule has 0 saturated heterocycles. The number of hydrogen-bond donors (Lipinski definition) is 2. The van der Waals surface area contributed by atoms with Crippen molar-refractivity contribution in [2.24, 2.45) is 0 Å². The molecule has 0 aromatic heterocycles. The highest BCUT2D eigenvalue weighted by molar-refractivity contribution is 9.11. The Hall–Kier alpha value is -1.37. The fraction of sp³-hybridized carbons (Fsp3) is 0.182. The molecule has 3 aromatic rings. The summed E-state index contributed by atoms with van der Waals surface area (Å²) >= 11 is 7.19. The fourth-order valence-electron chi connectivity index (χ4n) is 2.73. The second-order valence-electron chi connectivity index (χ2n) is 6.22. The molecule has 0 aliphatic heterocycles. The van der Waals surface area contributed by atoms with Gasteiger partial charge in [0.2, 0.25) is 0 Å². The zero-order chi connectivity index (χ0) is 19.1. The van der Waals surface area contributed by atoms with Crippen LogP contribution in [0.1, 0.15) is 22.8 Å². The third kappa shape index (κ3) is 6.61. The van der Waals surface area contributed by atoms with Gasteiger partial charge in [-0.25, -0.2) is 0 Å². The maximum absolute atomic E-state index is 10.2. The maximum atomic E-state index is 10.2. The van der Waals surface area contributed by atoms with Crippen molar-refractivity contribution in [2.75, 3.05) is 6.54 Å². The van der Waals surface area contributed by atoms with E-state index >= 15 is 0 Å². The van der Waals surface area contributed by atoms with Crippen LogP contribution < -0.4 is 10.1 Å². The van der Waals surface area contributed by atoms with Crippen LogP contribution in [0.4, 0.5) is 0 Å². The second kappa shape index (κ2) is 11.6. The molecular formula is C22H22Br2ClNO2. The molecule has 3 rings (SSSR count). The first-order valence-electron chi connectivity index (χ1n) is 8.72. The van der Waals surface area contributed by atoms with Crippen LogP contribution in [0.15, 0.2) is 81.7 Å². The molecule has 6 heteroatoms. The second-order valence-corrected chi connectivity index (χ2v) is 7.93. The van der Waals surface area contributed by atoms with Gasteiger partial charge in [0, 0.05) is 13.1 Å². The van der Waals surface area contributed by atoms with E-state index in [1.807, 2.05) is 72.8 Å². The summed E-state index contributed by atoms with van der Waals surface area (Å²) in [6.45, 7) is 1.66. The summed E-state index contributed by atoms with van der Waals surface area (Å²) in [5.41, 5.74) is 3.13. The van der Waals surface area contributed by atoms with Gasteiger partial charge in [-0.05, 0) is 60.7 Å². The van der Waals surface area contributed by atoms with Crippen LogP contribution in [0.3, 0.4) is 0 Å². The highest BCUT2D eigenvalue weighted by atomic mass is 79.9. The number of aliphatic hydroxyl groups is 1. The van der Waals surface area contributed by atoms with Crippen LogP contribution >= 0.6 is 44.3 Å². The van der Waals surface area contributed by atoms with Crippen molar-refractivity contribution in [1.82, 2.24) is 5.32 Å². The van der Waals surface area contributed by atoms with Crippen LogP contribution in [0.5, 0.6) is 5.75 Å². The Bertz CT molecular complexity index is 840. The zero-order valence-electron chi connectivity index (χ0n) is 15.1. The number of hydrogen-bond acceptors (Lipinski definition) is 3. The molecule has 2 N–H and O–H groups in total. The van der Waals surface area contributed by atoms with E-state index in [-0.39, 0.29) is 12.4 Å². The van der Waals surface area contributed by atoms with Crippen LogP contribution in [-0.2, 0) is 13.2 Å². The first-order chi connectivity index (χ1) is 13.1. The normalized spacial score (nSPS) is 11.5. The average molecular weight is 528 g/mol. The van der Waals surface area contributed by atoms with E-state index in [1.165, 1.54) is 0 Å². The Morgan fingerprint density at radius 2 is 1.43 bits per heavy atom. The number of benzene rings is 3. The lowest BCUT2D eigenvalue weighted by molar-refractivity contribution is 0.174. The van der Waals surface area contributed by atoms with Crippen molar-refractivity contribution >= 4 is 44.3 Å². The van der Waals surface area contributed by atoms with Crippen molar-refractivity contribution in [3.8, 4) is 5.75 Å². The van der Waals surface area contributed by atoms with Crippen LogP contribution in [0.25, 0.3) is 0 Å². The van der Waals surface area contributed by atoms with E-state index in [9.17, 15) is 5.11 Å². The Labute approximate surface area is 188 Å². The minimum atomic E-state index is -0.522. The summed E-state index contributed by atoms with van der Waals surface area (Å²) in [7, 11) is 0. The van der Waals surface area contributed by atoms with Gasteiger partial charge in [-0.1, -0.05) is 60.7 Å². The monoisotopic (exact) mass is 525 g/mol. The molecule has 0 bridgehead atoms. The van der Waals surface area contributed by atoms with Gasteiger partial charge < -0.3 is 15.2 Å². The molecule has 0 aliphatic carbocycles. The van der Waals surface area contributed by atoms with Gasteiger partial charge in [0.25, 0.3) is 0 Å². The van der Waals surface area contributed by atoms with Crippen molar-refractivity contribution in [2.45, 2.75) is 19.3 Å². The number of halogens is 3. The van der Waals surface area contributed by atoms with E-state index in [0.29, 0.717) is 19.7 Å². The predicted molar refractivity (Wildman–Crippen MR) is 123 cm³/mol. The summed E-state index contributed by atoms with van der Waals surface area (Å²) in [5.74, 6) is 0.784. The van der Waals surface area contributed by atoms with Crippen LogP contribution in [-0.4, -0.2) is 11.7 Å². The summed E-state index contributed by atoms with van der Waals surface area (Å²) in [4.78, 5) is 0. The lowest BCUT2D eigenvalue weighted by Gasteiger charge is -2.14. The Morgan fingerprint density at radius 1 is 0.857 bits per heavy atom. The van der Waals surface area contributed by atoms with Crippen molar-refractivity contribution < 1.29 is 9.84 Å². The molecule has 3 aromatic carbocycles. The maximum Gasteiger partial charge on any atom is 0.148 e. The topological polar surface area (TPSA) is 41.5 Å². The quantitative estimate of drug-likeness (QED) is 0.376. The molecule has 0 saturated carbocycles. The van der Waals surface area contributed by atoms with E-state index in [1.54, 1.807) is 0 Å². The molecule has 1 unspecified atom stereocenters. The minimum Gasteiger partial charge on any atom is -0.487 e. The summed E-state index contributed by atoms with van der Waals surface area (Å²) in [6.07, 6.45) is -0.522. The van der Waals surface area contributed by atoms with Gasteiger partial charge in [-0.3, -0.25) is 0 Å². The molecule has 1 atom stereocenters. The average Bonchev–Trinajstić information content (AvgIpc) is 2.69. The third-order valence-corrected chi connectivity index (χ3v) is 5.31. The van der Waals surface area contributed by atoms with Gasteiger partial charge in [0.05, 0.1) is 15.0 Å². The van der Waals surface area contributed by atoms with Gasteiger partial charge in [-0.15, -0.1) is 12.4 Å². The van der Waals surface area contributed by atoms with Crippen LogP contribution in [0.2, 0.25) is 0 Å². The Morgan fingerprint density at radius 3 is 2.04 bits per heavy atom. The lowest BCUT2D eigenvalue weighted by Crippen LogP contribution is -2.21. The van der Waals surface area contributed by atoms with Gasteiger partial charge in [0.15, 0.2) is 0 Å². The summed E-state index contributed by atoms with van der Waals surface area (Å²) in [5, 5.41) is 13.5. The van der Waals surface area contributed by atoms with Crippen molar-refractivity contribution in [1.29, 1.82) is 0 Å². The van der Waals surface area contributed by atoms with E-state index < -0.39 is 6.10 Å². The third-order valence-electron chi connectivity index (χ3n) is 4.14.